The van der Waals surface area contributed by atoms with E-state index in [1.807, 2.05) is 37.6 Å². The number of hydrogen-bond donors (Lipinski definition) is 2. The van der Waals surface area contributed by atoms with Crippen molar-refractivity contribution in [1.82, 2.24) is 4.57 Å². The molecule has 1 aromatic carbocycles. The van der Waals surface area contributed by atoms with Gasteiger partial charge in [-0.15, -0.1) is 0 Å². The zero-order chi connectivity index (χ0) is 14.3. The first-order valence-electron chi connectivity index (χ1n) is 6.39. The number of carbonyl (C=O) groups is 1. The summed E-state index contributed by atoms with van der Waals surface area (Å²) in [6, 6.07) is 3.74. The molecule has 4 nitrogen and oxygen atoms in total. The number of aromatic nitrogens is 1. The van der Waals surface area contributed by atoms with Crippen molar-refractivity contribution in [2.75, 3.05) is 0 Å². The summed E-state index contributed by atoms with van der Waals surface area (Å²) < 4.78 is 1.92. The molecule has 2 rings (SSSR count). The van der Waals surface area contributed by atoms with Crippen LogP contribution in [0.3, 0.4) is 0 Å². The Morgan fingerprint density at radius 2 is 1.89 bits per heavy atom. The molecule has 2 aromatic rings. The number of aryl methyl sites for hydroxylation is 1. The predicted molar refractivity (Wildman–Crippen MR) is 74.7 cm³/mol. The fraction of sp³-hybridized carbons (Fsp3) is 0.400. The van der Waals surface area contributed by atoms with Gasteiger partial charge in [-0.3, -0.25) is 0 Å². The van der Waals surface area contributed by atoms with E-state index in [4.69, 9.17) is 0 Å². The lowest BCUT2D eigenvalue weighted by Gasteiger charge is -2.11. The van der Waals surface area contributed by atoms with Crippen LogP contribution in [0.2, 0.25) is 0 Å². The molecule has 0 aliphatic heterocycles. The minimum Gasteiger partial charge on any atom is -0.478 e. The third-order valence-electron chi connectivity index (χ3n) is 3.34. The van der Waals surface area contributed by atoms with Gasteiger partial charge in [-0.1, -0.05) is 0 Å². The Morgan fingerprint density at radius 3 is 2.37 bits per heavy atom. The molecule has 0 saturated carbocycles. The summed E-state index contributed by atoms with van der Waals surface area (Å²) in [6.45, 7) is 7.56. The number of nitrogens with zero attached hydrogens (tertiary/aromatic N) is 1. The lowest BCUT2D eigenvalue weighted by Crippen LogP contribution is -2.05. The maximum absolute atomic E-state index is 11.4. The topological polar surface area (TPSA) is 62.5 Å². The molecular weight excluding hydrogens is 242 g/mol. The number of carboxylic acid groups (broad SMARTS) is 1. The minimum atomic E-state index is -0.939. The Hall–Kier alpha value is -1.81. The molecule has 1 heterocycles. The molecule has 1 aromatic heterocycles. The van der Waals surface area contributed by atoms with Gasteiger partial charge in [0.25, 0.3) is 0 Å². The van der Waals surface area contributed by atoms with Gasteiger partial charge in [-0.2, -0.15) is 0 Å². The van der Waals surface area contributed by atoms with E-state index in [0.29, 0.717) is 5.52 Å². The highest BCUT2D eigenvalue weighted by Crippen LogP contribution is 2.32. The van der Waals surface area contributed by atoms with E-state index in [-0.39, 0.29) is 11.6 Å². The van der Waals surface area contributed by atoms with E-state index in [0.717, 1.165) is 16.5 Å². The summed E-state index contributed by atoms with van der Waals surface area (Å²) in [5, 5.41) is 20.1. The third-order valence-corrected chi connectivity index (χ3v) is 3.34. The van der Waals surface area contributed by atoms with Crippen molar-refractivity contribution in [2.24, 2.45) is 0 Å². The molecule has 102 valence electrons. The number of benzene rings is 1. The number of aliphatic hydroxyl groups excluding tert-OH is 1. The molecule has 0 aliphatic rings. The van der Waals surface area contributed by atoms with Crippen LogP contribution in [0.5, 0.6) is 0 Å². The lowest BCUT2D eigenvalue weighted by molar-refractivity contribution is 0.0698. The normalized spacial score (nSPS) is 13.2. The average Bonchev–Trinajstić information content (AvgIpc) is 2.66. The lowest BCUT2D eigenvalue weighted by atomic mass is 10.0. The van der Waals surface area contributed by atoms with Crippen molar-refractivity contribution >= 4 is 16.9 Å². The largest absolute Gasteiger partial charge is 0.478 e. The van der Waals surface area contributed by atoms with Crippen LogP contribution in [0.25, 0.3) is 10.9 Å². The maximum Gasteiger partial charge on any atom is 0.337 e. The highest BCUT2D eigenvalue weighted by Gasteiger charge is 2.20. The highest BCUT2D eigenvalue weighted by molar-refractivity contribution is 6.04. The van der Waals surface area contributed by atoms with Crippen LogP contribution < -0.4 is 0 Å². The molecular formula is C15H19NO3. The molecule has 0 aliphatic carbocycles. The second-order valence-electron chi connectivity index (χ2n) is 5.28. The monoisotopic (exact) mass is 261 g/mol. The number of fused-ring (bicyclic) bond motifs is 1. The summed E-state index contributed by atoms with van der Waals surface area (Å²) in [6.07, 6.45) is 1.23. The van der Waals surface area contributed by atoms with Crippen molar-refractivity contribution in [2.45, 2.75) is 39.8 Å². The van der Waals surface area contributed by atoms with E-state index >= 15 is 0 Å². The summed E-state index contributed by atoms with van der Waals surface area (Å²) in [4.78, 5) is 11.4. The van der Waals surface area contributed by atoms with Crippen LogP contribution >= 0.6 is 0 Å². The Kier molecular flexibility index (Phi) is 3.37. The second-order valence-corrected chi connectivity index (χ2v) is 5.28. The van der Waals surface area contributed by atoms with Crippen molar-refractivity contribution in [1.29, 1.82) is 0 Å². The first kappa shape index (κ1) is 13.6. The van der Waals surface area contributed by atoms with Crippen LogP contribution in [0.15, 0.2) is 18.3 Å². The molecule has 4 heteroatoms. The fourth-order valence-electron chi connectivity index (χ4n) is 2.46. The van der Waals surface area contributed by atoms with Crippen molar-refractivity contribution in [3.63, 3.8) is 0 Å². The van der Waals surface area contributed by atoms with Crippen LogP contribution in [-0.2, 0) is 0 Å². The van der Waals surface area contributed by atoms with Crippen LogP contribution in [0.4, 0.5) is 0 Å². The summed E-state index contributed by atoms with van der Waals surface area (Å²) >= 11 is 0. The van der Waals surface area contributed by atoms with E-state index in [1.54, 1.807) is 13.0 Å². The molecule has 0 spiro atoms. The molecule has 19 heavy (non-hydrogen) atoms. The average molecular weight is 261 g/mol. The van der Waals surface area contributed by atoms with Gasteiger partial charge >= 0.3 is 5.97 Å². The Bertz CT molecular complexity index is 638. The minimum absolute atomic E-state index is 0.135. The van der Waals surface area contributed by atoms with Gasteiger partial charge in [-0.25, -0.2) is 4.79 Å². The van der Waals surface area contributed by atoms with E-state index in [2.05, 4.69) is 0 Å². The summed E-state index contributed by atoms with van der Waals surface area (Å²) in [5.41, 5.74) is 2.63. The number of aromatic carboxylic acids is 1. The van der Waals surface area contributed by atoms with Crippen LogP contribution in [0, 0.1) is 6.92 Å². The molecule has 0 amide bonds. The Balaban J connectivity index is 2.93. The quantitative estimate of drug-likeness (QED) is 0.891. The standard InChI is InChI=1S/C15H19NO3/c1-8(2)16-7-13(10(4)17)11-5-9(3)6-12(14(11)16)15(18)19/h5-8,10,17H,1-4H3,(H,18,19). The number of carboxylic acids is 1. The molecule has 0 fully saturated rings. The first-order chi connectivity index (χ1) is 8.82. The fourth-order valence-corrected chi connectivity index (χ4v) is 2.46. The van der Waals surface area contributed by atoms with Gasteiger partial charge in [0.15, 0.2) is 0 Å². The van der Waals surface area contributed by atoms with Crippen molar-refractivity contribution in [3.8, 4) is 0 Å². The van der Waals surface area contributed by atoms with E-state index in [9.17, 15) is 15.0 Å². The Morgan fingerprint density at radius 1 is 1.26 bits per heavy atom. The number of rotatable bonds is 3. The molecule has 2 N–H and O–H groups in total. The van der Waals surface area contributed by atoms with Gasteiger partial charge in [0, 0.05) is 23.2 Å². The second kappa shape index (κ2) is 4.70. The van der Waals surface area contributed by atoms with Crippen molar-refractivity contribution in [3.05, 3.63) is 35.0 Å². The smallest absolute Gasteiger partial charge is 0.337 e. The van der Waals surface area contributed by atoms with E-state index in [1.165, 1.54) is 0 Å². The predicted octanol–water partition coefficient (Wildman–Crippen LogP) is 3.28. The van der Waals surface area contributed by atoms with Gasteiger partial charge in [-0.05, 0) is 45.4 Å². The van der Waals surface area contributed by atoms with Gasteiger partial charge in [0.2, 0.25) is 0 Å². The molecule has 1 atom stereocenters. The number of aliphatic hydroxyl groups is 1. The summed E-state index contributed by atoms with van der Waals surface area (Å²) in [7, 11) is 0. The zero-order valence-corrected chi connectivity index (χ0v) is 11.6. The summed E-state index contributed by atoms with van der Waals surface area (Å²) in [5.74, 6) is -0.939. The van der Waals surface area contributed by atoms with Crippen LogP contribution in [-0.4, -0.2) is 20.7 Å². The third kappa shape index (κ3) is 2.24. The van der Waals surface area contributed by atoms with Gasteiger partial charge < -0.3 is 14.8 Å². The molecule has 0 bridgehead atoms. The van der Waals surface area contributed by atoms with E-state index < -0.39 is 12.1 Å². The van der Waals surface area contributed by atoms with Gasteiger partial charge in [0.05, 0.1) is 17.2 Å². The highest BCUT2D eigenvalue weighted by atomic mass is 16.4. The maximum atomic E-state index is 11.4. The molecule has 0 radical (unpaired) electrons. The zero-order valence-electron chi connectivity index (χ0n) is 11.6. The molecule has 1 unspecified atom stereocenters. The first-order valence-corrected chi connectivity index (χ1v) is 6.39. The van der Waals surface area contributed by atoms with Crippen molar-refractivity contribution < 1.29 is 15.0 Å². The van der Waals surface area contributed by atoms with Gasteiger partial charge in [0.1, 0.15) is 0 Å². The SMILES string of the molecule is Cc1cc(C(=O)O)c2c(c1)c(C(C)O)cn2C(C)C. The number of hydrogen-bond acceptors (Lipinski definition) is 2. The van der Waals surface area contributed by atoms with Crippen LogP contribution in [0.1, 0.15) is 54.4 Å². The molecule has 0 saturated heterocycles. The Labute approximate surface area is 112 Å².